The first-order chi connectivity index (χ1) is 9.40. The lowest BCUT2D eigenvalue weighted by Gasteiger charge is -2.17. The molecule has 2 aromatic carbocycles. The molecule has 0 aliphatic carbocycles. The number of benzene rings is 2. The minimum atomic E-state index is 0.953. The van der Waals surface area contributed by atoms with Crippen molar-refractivity contribution in [3.8, 4) is 11.4 Å². The molecule has 19 heavy (non-hydrogen) atoms. The van der Waals surface area contributed by atoms with E-state index in [4.69, 9.17) is 0 Å². The highest BCUT2D eigenvalue weighted by Gasteiger charge is 2.11. The van der Waals surface area contributed by atoms with Crippen molar-refractivity contribution < 1.29 is 0 Å². The summed E-state index contributed by atoms with van der Waals surface area (Å²) in [5, 5.41) is 3.42. The molecule has 0 radical (unpaired) electrons. The van der Waals surface area contributed by atoms with E-state index in [-0.39, 0.29) is 0 Å². The largest absolute Gasteiger partial charge is 0.338 e. The zero-order valence-electron chi connectivity index (χ0n) is 10.6. The summed E-state index contributed by atoms with van der Waals surface area (Å²) in [6.45, 7) is 2.04. The van der Waals surface area contributed by atoms with E-state index in [1.807, 2.05) is 18.2 Å². The summed E-state index contributed by atoms with van der Waals surface area (Å²) in [4.78, 5) is 8.04. The Balaban J connectivity index is 1.83. The number of rotatable bonds is 1. The van der Waals surface area contributed by atoms with E-state index in [0.29, 0.717) is 0 Å². The van der Waals surface area contributed by atoms with Gasteiger partial charge in [0.25, 0.3) is 0 Å². The maximum absolute atomic E-state index is 4.66. The van der Waals surface area contributed by atoms with Crippen LogP contribution in [0.15, 0.2) is 42.5 Å². The molecule has 1 aliphatic heterocycles. The molecule has 3 nitrogen and oxygen atoms in total. The Morgan fingerprint density at radius 1 is 1.00 bits per heavy atom. The molecule has 0 saturated heterocycles. The first-order valence-electron chi connectivity index (χ1n) is 6.68. The van der Waals surface area contributed by atoms with Crippen molar-refractivity contribution >= 4 is 11.0 Å². The lowest BCUT2D eigenvalue weighted by Crippen LogP contribution is -2.23. The topological polar surface area (TPSA) is 40.7 Å². The van der Waals surface area contributed by atoms with E-state index >= 15 is 0 Å². The van der Waals surface area contributed by atoms with Crippen LogP contribution in [0.3, 0.4) is 0 Å². The van der Waals surface area contributed by atoms with Gasteiger partial charge < -0.3 is 10.3 Å². The quantitative estimate of drug-likeness (QED) is 0.696. The van der Waals surface area contributed by atoms with Crippen LogP contribution < -0.4 is 5.32 Å². The number of hydrogen-bond acceptors (Lipinski definition) is 2. The molecule has 2 heterocycles. The predicted molar refractivity (Wildman–Crippen MR) is 76.9 cm³/mol. The second-order valence-electron chi connectivity index (χ2n) is 5.01. The number of hydrogen-bond donors (Lipinski definition) is 2. The predicted octanol–water partition coefficient (Wildman–Crippen LogP) is 2.88. The van der Waals surface area contributed by atoms with Crippen molar-refractivity contribution in [1.29, 1.82) is 0 Å². The Morgan fingerprint density at radius 2 is 1.95 bits per heavy atom. The van der Waals surface area contributed by atoms with Gasteiger partial charge in [-0.05, 0) is 42.3 Å². The maximum atomic E-state index is 4.66. The van der Waals surface area contributed by atoms with E-state index in [1.54, 1.807) is 0 Å². The first-order valence-corrected chi connectivity index (χ1v) is 6.68. The van der Waals surface area contributed by atoms with Gasteiger partial charge in [0, 0.05) is 12.1 Å². The molecule has 0 atom stereocenters. The molecule has 0 spiro atoms. The molecule has 0 bridgehead atoms. The lowest BCUT2D eigenvalue weighted by molar-refractivity contribution is 0.644. The number of nitrogens with zero attached hydrogens (tertiary/aromatic N) is 1. The van der Waals surface area contributed by atoms with Gasteiger partial charge in [0.2, 0.25) is 0 Å². The summed E-state index contributed by atoms with van der Waals surface area (Å²) in [7, 11) is 0. The number of aromatic amines is 1. The summed E-state index contributed by atoms with van der Waals surface area (Å²) >= 11 is 0. The van der Waals surface area contributed by atoms with Gasteiger partial charge in [0.1, 0.15) is 5.82 Å². The summed E-state index contributed by atoms with van der Waals surface area (Å²) in [5.74, 6) is 0.953. The average Bonchev–Trinajstić information content (AvgIpc) is 2.90. The Morgan fingerprint density at radius 3 is 2.89 bits per heavy atom. The van der Waals surface area contributed by atoms with Crippen LogP contribution in [0.5, 0.6) is 0 Å². The van der Waals surface area contributed by atoms with Crippen LogP contribution in [0.2, 0.25) is 0 Å². The Hall–Kier alpha value is -2.13. The second kappa shape index (κ2) is 4.21. The molecule has 1 aliphatic rings. The number of H-pyrrole nitrogens is 1. The van der Waals surface area contributed by atoms with Gasteiger partial charge in [-0.2, -0.15) is 0 Å². The van der Waals surface area contributed by atoms with Crippen LogP contribution in [0.25, 0.3) is 22.4 Å². The van der Waals surface area contributed by atoms with Gasteiger partial charge >= 0.3 is 0 Å². The van der Waals surface area contributed by atoms with Gasteiger partial charge in [0.05, 0.1) is 11.0 Å². The molecule has 0 unspecified atom stereocenters. The second-order valence-corrected chi connectivity index (χ2v) is 5.01. The number of fused-ring (bicyclic) bond motifs is 2. The van der Waals surface area contributed by atoms with Gasteiger partial charge in [-0.1, -0.05) is 24.3 Å². The van der Waals surface area contributed by atoms with Gasteiger partial charge in [-0.25, -0.2) is 4.98 Å². The molecule has 4 rings (SSSR count). The molecular formula is C16H15N3. The van der Waals surface area contributed by atoms with Crippen LogP contribution in [-0.2, 0) is 13.0 Å². The Labute approximate surface area is 111 Å². The SMILES string of the molecule is c1ccc2[nH]c(-c3ccc4c(c3)CNCC4)nc2c1. The monoisotopic (exact) mass is 249 g/mol. The Bertz CT molecular complexity index is 710. The zero-order chi connectivity index (χ0) is 12.7. The third kappa shape index (κ3) is 1.83. The fraction of sp³-hybridized carbons (Fsp3) is 0.188. The number of para-hydroxylation sites is 2. The van der Waals surface area contributed by atoms with Crippen molar-refractivity contribution in [2.45, 2.75) is 13.0 Å². The Kier molecular flexibility index (Phi) is 2.38. The standard InChI is InChI=1S/C16H15N3/c1-2-4-15-14(3-1)18-16(19-15)12-6-5-11-7-8-17-10-13(11)9-12/h1-6,9,17H,7-8,10H2,(H,18,19). The summed E-state index contributed by atoms with van der Waals surface area (Å²) < 4.78 is 0. The van der Waals surface area contributed by atoms with Crippen molar-refractivity contribution in [1.82, 2.24) is 15.3 Å². The molecule has 3 aromatic rings. The number of aromatic nitrogens is 2. The third-order valence-corrected chi connectivity index (χ3v) is 3.76. The van der Waals surface area contributed by atoms with Gasteiger partial charge in [-0.3, -0.25) is 0 Å². The highest BCUT2D eigenvalue weighted by molar-refractivity contribution is 5.79. The van der Waals surface area contributed by atoms with E-state index in [0.717, 1.165) is 36.4 Å². The normalized spacial score (nSPS) is 14.5. The molecular weight excluding hydrogens is 234 g/mol. The van der Waals surface area contributed by atoms with Gasteiger partial charge in [0.15, 0.2) is 0 Å². The average molecular weight is 249 g/mol. The summed E-state index contributed by atoms with van der Waals surface area (Å²) in [6.07, 6.45) is 1.12. The molecule has 0 amide bonds. The van der Waals surface area contributed by atoms with Crippen molar-refractivity contribution in [2.24, 2.45) is 0 Å². The zero-order valence-corrected chi connectivity index (χ0v) is 10.6. The fourth-order valence-corrected chi connectivity index (χ4v) is 2.72. The van der Waals surface area contributed by atoms with Crippen LogP contribution in [-0.4, -0.2) is 16.5 Å². The highest BCUT2D eigenvalue weighted by atomic mass is 14.9. The fourth-order valence-electron chi connectivity index (χ4n) is 2.72. The first kappa shape index (κ1) is 10.8. The van der Waals surface area contributed by atoms with Crippen molar-refractivity contribution in [3.63, 3.8) is 0 Å². The number of imidazole rings is 1. The molecule has 0 saturated carbocycles. The van der Waals surface area contributed by atoms with Crippen LogP contribution in [0.4, 0.5) is 0 Å². The molecule has 1 aromatic heterocycles. The third-order valence-electron chi connectivity index (χ3n) is 3.76. The number of nitrogens with one attached hydrogen (secondary N) is 2. The maximum Gasteiger partial charge on any atom is 0.138 e. The van der Waals surface area contributed by atoms with Crippen molar-refractivity contribution in [2.75, 3.05) is 6.54 Å². The molecule has 94 valence electrons. The molecule has 3 heteroatoms. The highest BCUT2D eigenvalue weighted by Crippen LogP contribution is 2.24. The van der Waals surface area contributed by atoms with E-state index in [1.165, 1.54) is 16.7 Å². The van der Waals surface area contributed by atoms with Crippen LogP contribution >= 0.6 is 0 Å². The van der Waals surface area contributed by atoms with Gasteiger partial charge in [-0.15, -0.1) is 0 Å². The minimum Gasteiger partial charge on any atom is -0.338 e. The summed E-state index contributed by atoms with van der Waals surface area (Å²) in [5.41, 5.74) is 6.13. The molecule has 2 N–H and O–H groups in total. The lowest BCUT2D eigenvalue weighted by atomic mass is 9.98. The van der Waals surface area contributed by atoms with E-state index in [2.05, 4.69) is 39.6 Å². The van der Waals surface area contributed by atoms with Crippen LogP contribution in [0.1, 0.15) is 11.1 Å². The van der Waals surface area contributed by atoms with E-state index < -0.39 is 0 Å². The smallest absolute Gasteiger partial charge is 0.138 e. The summed E-state index contributed by atoms with van der Waals surface area (Å²) in [6, 6.07) is 14.8. The van der Waals surface area contributed by atoms with E-state index in [9.17, 15) is 0 Å². The van der Waals surface area contributed by atoms with Crippen molar-refractivity contribution in [3.05, 3.63) is 53.6 Å². The minimum absolute atomic E-state index is 0.953. The molecule has 0 fully saturated rings. The van der Waals surface area contributed by atoms with Crippen LogP contribution in [0, 0.1) is 0 Å².